The van der Waals surface area contributed by atoms with Crippen molar-refractivity contribution < 1.29 is 23.1 Å². The molecule has 1 amide bonds. The van der Waals surface area contributed by atoms with Gasteiger partial charge in [0.2, 0.25) is 0 Å². The zero-order chi connectivity index (χ0) is 16.9. The maximum Gasteiger partial charge on any atom is 0.327 e. The highest BCUT2D eigenvalue weighted by Crippen LogP contribution is 2.23. The lowest BCUT2D eigenvalue weighted by molar-refractivity contribution is -0.152. The van der Waals surface area contributed by atoms with Gasteiger partial charge in [-0.1, -0.05) is 49.4 Å². The topological polar surface area (TPSA) is 55.4 Å². The molecule has 1 heterocycles. The van der Waals surface area contributed by atoms with Crippen molar-refractivity contribution in [1.82, 2.24) is 5.32 Å². The maximum absolute atomic E-state index is 13.9. The third-order valence-corrected chi connectivity index (χ3v) is 3.66. The van der Waals surface area contributed by atoms with E-state index in [1.807, 2.05) is 0 Å². The highest BCUT2D eigenvalue weighted by atomic mass is 19.3. The number of carbonyl (C=O) groups excluding carboxylic acids is 2. The minimum absolute atomic E-state index is 0.182. The fourth-order valence-corrected chi connectivity index (χ4v) is 2.20. The number of amides is 1. The molecule has 2 atom stereocenters. The van der Waals surface area contributed by atoms with E-state index in [4.69, 9.17) is 4.74 Å². The summed E-state index contributed by atoms with van der Waals surface area (Å²) in [4.78, 5) is 23.7. The van der Waals surface area contributed by atoms with Crippen LogP contribution in [-0.4, -0.2) is 24.4 Å². The van der Waals surface area contributed by atoms with Crippen molar-refractivity contribution in [3.05, 3.63) is 48.0 Å². The summed E-state index contributed by atoms with van der Waals surface area (Å²) in [6.45, 7) is 1.49. The van der Waals surface area contributed by atoms with Gasteiger partial charge in [0.05, 0.1) is 12.0 Å². The molecule has 2 rings (SSSR count). The molecule has 0 unspecified atom stereocenters. The second-order valence-corrected chi connectivity index (χ2v) is 5.58. The number of alkyl halides is 2. The molecule has 0 spiro atoms. The van der Waals surface area contributed by atoms with Crippen molar-refractivity contribution >= 4 is 11.9 Å². The molecule has 1 aromatic carbocycles. The second kappa shape index (κ2) is 7.35. The highest BCUT2D eigenvalue weighted by Gasteiger charge is 2.39. The molecule has 0 saturated heterocycles. The Morgan fingerprint density at radius 2 is 1.87 bits per heavy atom. The van der Waals surface area contributed by atoms with Gasteiger partial charge in [0.1, 0.15) is 6.61 Å². The normalized spacial score (nSPS) is 27.1. The summed E-state index contributed by atoms with van der Waals surface area (Å²) in [5.74, 6) is -5.72. The predicted octanol–water partition coefficient (Wildman–Crippen LogP) is 3.01. The van der Waals surface area contributed by atoms with Crippen LogP contribution in [0.5, 0.6) is 0 Å². The molecule has 4 nitrogen and oxygen atoms in total. The number of hydrogen-bond donors (Lipinski definition) is 1. The van der Waals surface area contributed by atoms with Crippen LogP contribution < -0.4 is 5.32 Å². The van der Waals surface area contributed by atoms with Crippen LogP contribution in [-0.2, 0) is 14.3 Å². The van der Waals surface area contributed by atoms with Crippen LogP contribution in [0.2, 0.25) is 0 Å². The molecular weight excluding hydrogens is 304 g/mol. The van der Waals surface area contributed by atoms with Gasteiger partial charge in [-0.05, 0) is 12.0 Å². The van der Waals surface area contributed by atoms with Gasteiger partial charge < -0.3 is 10.1 Å². The van der Waals surface area contributed by atoms with E-state index >= 15 is 0 Å². The van der Waals surface area contributed by atoms with Crippen LogP contribution in [0, 0.1) is 5.92 Å². The Kier molecular flexibility index (Phi) is 5.47. The minimum atomic E-state index is -3.50. The lowest BCUT2D eigenvalue weighted by Crippen LogP contribution is -2.43. The number of halogens is 2. The standard InChI is InChI=1S/C17H19F2NO3/c1-12-7-5-6-10-17(18,19)16(22)20-14(11-23-15(12)21)13-8-3-2-4-9-13/h2-6,8-9,12,14H,7,10-11H2,1H3,(H,20,22)/b6-5-/t12-,14+/m1/s1. The predicted molar refractivity (Wildman–Crippen MR) is 80.8 cm³/mol. The summed E-state index contributed by atoms with van der Waals surface area (Å²) in [5.41, 5.74) is 0.602. The quantitative estimate of drug-likeness (QED) is 0.638. The first-order valence-electron chi connectivity index (χ1n) is 7.45. The number of benzene rings is 1. The smallest absolute Gasteiger partial charge is 0.327 e. The van der Waals surface area contributed by atoms with Gasteiger partial charge in [-0.15, -0.1) is 0 Å². The molecule has 23 heavy (non-hydrogen) atoms. The minimum Gasteiger partial charge on any atom is -0.463 e. The molecule has 1 aliphatic rings. The molecule has 0 radical (unpaired) electrons. The van der Waals surface area contributed by atoms with E-state index in [2.05, 4.69) is 5.32 Å². The Labute approximate surface area is 133 Å². The Morgan fingerprint density at radius 3 is 2.57 bits per heavy atom. The fraction of sp³-hybridized carbons (Fsp3) is 0.412. The summed E-state index contributed by atoms with van der Waals surface area (Å²) in [6, 6.07) is 7.78. The summed E-state index contributed by atoms with van der Waals surface area (Å²) < 4.78 is 32.9. The zero-order valence-electron chi connectivity index (χ0n) is 12.8. The molecule has 124 valence electrons. The van der Waals surface area contributed by atoms with Gasteiger partial charge in [-0.3, -0.25) is 9.59 Å². The van der Waals surface area contributed by atoms with Crippen molar-refractivity contribution in [2.75, 3.05) is 6.61 Å². The van der Waals surface area contributed by atoms with Crippen LogP contribution in [0.15, 0.2) is 42.5 Å². The number of ether oxygens (including phenoxy) is 1. The molecule has 6 heteroatoms. The van der Waals surface area contributed by atoms with Gasteiger partial charge in [-0.25, -0.2) is 0 Å². The van der Waals surface area contributed by atoms with E-state index in [0.29, 0.717) is 12.0 Å². The van der Waals surface area contributed by atoms with Crippen molar-refractivity contribution in [2.24, 2.45) is 5.92 Å². The van der Waals surface area contributed by atoms with E-state index in [0.717, 1.165) is 0 Å². The molecule has 0 aliphatic carbocycles. The number of hydrogen-bond acceptors (Lipinski definition) is 3. The highest BCUT2D eigenvalue weighted by molar-refractivity contribution is 5.84. The maximum atomic E-state index is 13.9. The largest absolute Gasteiger partial charge is 0.463 e. The van der Waals surface area contributed by atoms with Gasteiger partial charge in [0.15, 0.2) is 0 Å². The van der Waals surface area contributed by atoms with Crippen LogP contribution in [0.1, 0.15) is 31.4 Å². The Morgan fingerprint density at radius 1 is 1.17 bits per heavy atom. The second-order valence-electron chi connectivity index (χ2n) is 5.58. The first-order chi connectivity index (χ1) is 10.9. The van der Waals surface area contributed by atoms with Crippen LogP contribution in [0.3, 0.4) is 0 Å². The number of nitrogens with one attached hydrogen (secondary N) is 1. The van der Waals surface area contributed by atoms with Crippen molar-refractivity contribution in [3.8, 4) is 0 Å². The SMILES string of the molecule is C[C@@H]1C/C=C\CC(F)(F)C(=O)N[C@H](c2ccccc2)COC1=O. The average Bonchev–Trinajstić information content (AvgIpc) is 2.54. The summed E-state index contributed by atoms with van der Waals surface area (Å²) >= 11 is 0. The van der Waals surface area contributed by atoms with Crippen molar-refractivity contribution in [2.45, 2.75) is 31.7 Å². The van der Waals surface area contributed by atoms with Crippen LogP contribution in [0.4, 0.5) is 8.78 Å². The van der Waals surface area contributed by atoms with Gasteiger partial charge >= 0.3 is 11.9 Å². The third-order valence-electron chi connectivity index (χ3n) is 3.66. The lowest BCUT2D eigenvalue weighted by Gasteiger charge is -2.23. The fourth-order valence-electron chi connectivity index (χ4n) is 2.20. The molecule has 0 bridgehead atoms. The lowest BCUT2D eigenvalue weighted by atomic mass is 10.0. The Hall–Kier alpha value is -2.24. The summed E-state index contributed by atoms with van der Waals surface area (Å²) in [5, 5.41) is 2.28. The Balaban J connectivity index is 2.26. The zero-order valence-corrected chi connectivity index (χ0v) is 12.8. The van der Waals surface area contributed by atoms with Crippen LogP contribution in [0.25, 0.3) is 0 Å². The van der Waals surface area contributed by atoms with Crippen molar-refractivity contribution in [1.29, 1.82) is 0 Å². The number of allylic oxidation sites excluding steroid dienone is 2. The summed E-state index contributed by atoms with van der Waals surface area (Å²) in [6.07, 6.45) is 2.31. The van der Waals surface area contributed by atoms with E-state index in [-0.39, 0.29) is 6.61 Å². The monoisotopic (exact) mass is 323 g/mol. The molecule has 1 aliphatic heterocycles. The first-order valence-corrected chi connectivity index (χ1v) is 7.45. The summed E-state index contributed by atoms with van der Waals surface area (Å²) in [7, 11) is 0. The van der Waals surface area contributed by atoms with E-state index in [1.54, 1.807) is 37.3 Å². The number of esters is 1. The molecule has 0 saturated carbocycles. The van der Waals surface area contributed by atoms with Gasteiger partial charge in [-0.2, -0.15) is 8.78 Å². The van der Waals surface area contributed by atoms with E-state index in [1.165, 1.54) is 12.2 Å². The molecule has 1 aromatic rings. The molecule has 1 N–H and O–H groups in total. The third kappa shape index (κ3) is 4.61. The van der Waals surface area contributed by atoms with Crippen LogP contribution >= 0.6 is 0 Å². The van der Waals surface area contributed by atoms with Gasteiger partial charge in [0.25, 0.3) is 5.91 Å². The number of cyclic esters (lactones) is 1. The van der Waals surface area contributed by atoms with E-state index in [9.17, 15) is 18.4 Å². The van der Waals surface area contributed by atoms with Gasteiger partial charge in [0, 0.05) is 6.42 Å². The molecule has 0 fully saturated rings. The average molecular weight is 323 g/mol. The number of rotatable bonds is 1. The number of carbonyl (C=O) groups is 2. The first kappa shape index (κ1) is 17.1. The Bertz CT molecular complexity index is 587. The molecule has 0 aromatic heterocycles. The van der Waals surface area contributed by atoms with E-state index < -0.39 is 36.2 Å². The van der Waals surface area contributed by atoms with Crippen molar-refractivity contribution in [3.63, 3.8) is 0 Å². The molecular formula is C17H19F2NO3.